The minimum absolute atomic E-state index is 0.0887. The van der Waals surface area contributed by atoms with Gasteiger partial charge in [0.05, 0.1) is 10.9 Å². The van der Waals surface area contributed by atoms with Gasteiger partial charge in [0.2, 0.25) is 5.43 Å². The fourth-order valence-corrected chi connectivity index (χ4v) is 3.93. The lowest BCUT2D eigenvalue weighted by atomic mass is 10.0. The standard InChI is InChI=1S/C28H24O5/c1-3-18-5-7-19(8-6-18)16-32-25-15-26-22(13-20(25)4-2)28(29)23(17-33-26)21-9-10-24-27(14-21)31-12-11-30-24/h3,5-10,13-15,17H,1,4,11-12,16H2,2H3. The van der Waals surface area contributed by atoms with Crippen molar-refractivity contribution in [3.05, 3.63) is 94.4 Å². The van der Waals surface area contributed by atoms with Gasteiger partial charge in [0.1, 0.15) is 37.4 Å². The number of hydrogen-bond donors (Lipinski definition) is 0. The lowest BCUT2D eigenvalue weighted by molar-refractivity contribution is 0.171. The Balaban J connectivity index is 1.47. The van der Waals surface area contributed by atoms with E-state index >= 15 is 0 Å². The van der Waals surface area contributed by atoms with E-state index in [-0.39, 0.29) is 5.43 Å². The van der Waals surface area contributed by atoms with Crippen LogP contribution in [0, 0.1) is 0 Å². The maximum absolute atomic E-state index is 13.3. The van der Waals surface area contributed by atoms with E-state index in [1.54, 1.807) is 6.07 Å². The van der Waals surface area contributed by atoms with Crippen molar-refractivity contribution in [2.75, 3.05) is 13.2 Å². The molecule has 0 aliphatic carbocycles. The van der Waals surface area contributed by atoms with Gasteiger partial charge in [-0.2, -0.15) is 0 Å². The monoisotopic (exact) mass is 440 g/mol. The summed E-state index contributed by atoms with van der Waals surface area (Å²) in [7, 11) is 0. The van der Waals surface area contributed by atoms with Crippen LogP contribution in [0.4, 0.5) is 0 Å². The van der Waals surface area contributed by atoms with E-state index in [2.05, 4.69) is 6.58 Å². The van der Waals surface area contributed by atoms with Gasteiger partial charge in [-0.05, 0) is 46.9 Å². The summed E-state index contributed by atoms with van der Waals surface area (Å²) in [5, 5.41) is 0.530. The third-order valence-electron chi connectivity index (χ3n) is 5.80. The molecule has 166 valence electrons. The second-order valence-electron chi connectivity index (χ2n) is 7.88. The molecule has 0 radical (unpaired) electrons. The van der Waals surface area contributed by atoms with Gasteiger partial charge < -0.3 is 18.6 Å². The molecule has 33 heavy (non-hydrogen) atoms. The number of rotatable bonds is 6. The largest absolute Gasteiger partial charge is 0.488 e. The molecular weight excluding hydrogens is 416 g/mol. The summed E-state index contributed by atoms with van der Waals surface area (Å²) in [6, 6.07) is 17.2. The van der Waals surface area contributed by atoms with Gasteiger partial charge in [0.25, 0.3) is 0 Å². The van der Waals surface area contributed by atoms with Crippen LogP contribution >= 0.6 is 0 Å². The van der Waals surface area contributed by atoms with Crippen LogP contribution in [-0.4, -0.2) is 13.2 Å². The molecule has 3 aromatic carbocycles. The average molecular weight is 440 g/mol. The summed E-state index contributed by atoms with van der Waals surface area (Å²) in [5.74, 6) is 2.04. The number of aryl methyl sites for hydroxylation is 1. The molecule has 5 rings (SSSR count). The molecule has 0 amide bonds. The Hall–Kier alpha value is -3.99. The molecule has 0 bridgehead atoms. The molecule has 5 heteroatoms. The highest BCUT2D eigenvalue weighted by Gasteiger charge is 2.17. The van der Waals surface area contributed by atoms with Gasteiger partial charge in [0, 0.05) is 6.07 Å². The van der Waals surface area contributed by atoms with Crippen molar-refractivity contribution in [3.63, 3.8) is 0 Å². The molecule has 0 fully saturated rings. The minimum atomic E-state index is -0.0887. The summed E-state index contributed by atoms with van der Waals surface area (Å²) in [6.07, 6.45) is 4.04. The third kappa shape index (κ3) is 4.10. The first-order chi connectivity index (χ1) is 16.2. The van der Waals surface area contributed by atoms with Gasteiger partial charge in [-0.15, -0.1) is 0 Å². The van der Waals surface area contributed by atoms with Crippen LogP contribution in [0.25, 0.3) is 28.2 Å². The van der Waals surface area contributed by atoms with E-state index in [0.717, 1.165) is 28.7 Å². The van der Waals surface area contributed by atoms with Crippen molar-refractivity contribution in [2.24, 2.45) is 0 Å². The minimum Gasteiger partial charge on any atom is -0.488 e. The van der Waals surface area contributed by atoms with Crippen LogP contribution in [0.1, 0.15) is 23.6 Å². The molecule has 5 nitrogen and oxygen atoms in total. The average Bonchev–Trinajstić information content (AvgIpc) is 2.87. The Bertz CT molecular complexity index is 1380. The van der Waals surface area contributed by atoms with E-state index in [1.807, 2.05) is 61.5 Å². The Kier molecular flexibility index (Phi) is 5.61. The second kappa shape index (κ2) is 8.87. The van der Waals surface area contributed by atoms with Crippen molar-refractivity contribution < 1.29 is 18.6 Å². The van der Waals surface area contributed by atoms with Crippen LogP contribution in [-0.2, 0) is 13.0 Å². The lowest BCUT2D eigenvalue weighted by Gasteiger charge is -2.18. The molecule has 0 N–H and O–H groups in total. The van der Waals surface area contributed by atoms with Crippen molar-refractivity contribution in [1.29, 1.82) is 0 Å². The molecule has 1 aliphatic heterocycles. The van der Waals surface area contributed by atoms with Crippen LogP contribution < -0.4 is 19.6 Å². The molecule has 0 atom stereocenters. The van der Waals surface area contributed by atoms with Gasteiger partial charge in [0.15, 0.2) is 11.5 Å². The van der Waals surface area contributed by atoms with Crippen LogP contribution in [0.15, 0.2) is 76.7 Å². The Morgan fingerprint density at radius 1 is 1.00 bits per heavy atom. The third-order valence-corrected chi connectivity index (χ3v) is 5.80. The topological polar surface area (TPSA) is 57.9 Å². The molecule has 0 unspecified atom stereocenters. The Morgan fingerprint density at radius 3 is 2.55 bits per heavy atom. The molecule has 0 spiro atoms. The van der Waals surface area contributed by atoms with E-state index in [4.69, 9.17) is 18.6 Å². The SMILES string of the molecule is C=Cc1ccc(COc2cc3occ(-c4ccc5c(c4)OCCO5)c(=O)c3cc2CC)cc1. The highest BCUT2D eigenvalue weighted by molar-refractivity contribution is 5.84. The van der Waals surface area contributed by atoms with Crippen molar-refractivity contribution in [2.45, 2.75) is 20.0 Å². The maximum atomic E-state index is 13.3. The smallest absolute Gasteiger partial charge is 0.200 e. The highest BCUT2D eigenvalue weighted by Crippen LogP contribution is 2.34. The van der Waals surface area contributed by atoms with Gasteiger partial charge in [-0.3, -0.25) is 4.79 Å². The first kappa shape index (κ1) is 20.9. The number of fused-ring (bicyclic) bond motifs is 2. The van der Waals surface area contributed by atoms with E-state index in [1.165, 1.54) is 6.26 Å². The van der Waals surface area contributed by atoms with Gasteiger partial charge >= 0.3 is 0 Å². The second-order valence-corrected chi connectivity index (χ2v) is 7.88. The zero-order valence-corrected chi connectivity index (χ0v) is 18.4. The van der Waals surface area contributed by atoms with Gasteiger partial charge in [-0.25, -0.2) is 0 Å². The highest BCUT2D eigenvalue weighted by atomic mass is 16.6. The molecule has 0 saturated heterocycles. The van der Waals surface area contributed by atoms with Crippen molar-refractivity contribution in [3.8, 4) is 28.4 Å². The fraction of sp³-hybridized carbons (Fsp3) is 0.179. The molecule has 1 aromatic heterocycles. The quantitative estimate of drug-likeness (QED) is 0.367. The predicted molar refractivity (Wildman–Crippen MR) is 129 cm³/mol. The van der Waals surface area contributed by atoms with E-state index in [0.29, 0.717) is 53.6 Å². The lowest BCUT2D eigenvalue weighted by Crippen LogP contribution is -2.15. The summed E-state index contributed by atoms with van der Waals surface area (Å²) < 4.78 is 23.2. The van der Waals surface area contributed by atoms with E-state index < -0.39 is 0 Å². The van der Waals surface area contributed by atoms with Crippen molar-refractivity contribution >= 4 is 17.0 Å². The summed E-state index contributed by atoms with van der Waals surface area (Å²) in [6.45, 7) is 7.26. The van der Waals surface area contributed by atoms with Crippen molar-refractivity contribution in [1.82, 2.24) is 0 Å². The Labute approximate surface area is 191 Å². The predicted octanol–water partition coefficient (Wildman–Crippen LogP) is 6.02. The molecule has 4 aromatic rings. The van der Waals surface area contributed by atoms with Crippen LogP contribution in [0.5, 0.6) is 17.2 Å². The molecule has 2 heterocycles. The van der Waals surface area contributed by atoms with Gasteiger partial charge in [-0.1, -0.05) is 49.9 Å². The first-order valence-corrected chi connectivity index (χ1v) is 11.0. The number of hydrogen-bond acceptors (Lipinski definition) is 5. The number of benzene rings is 3. The maximum Gasteiger partial charge on any atom is 0.200 e. The van der Waals surface area contributed by atoms with E-state index in [9.17, 15) is 4.79 Å². The summed E-state index contributed by atoms with van der Waals surface area (Å²) in [5.41, 5.74) is 4.70. The summed E-state index contributed by atoms with van der Waals surface area (Å²) in [4.78, 5) is 13.3. The Morgan fingerprint density at radius 2 is 1.79 bits per heavy atom. The molecule has 0 saturated carbocycles. The first-order valence-electron chi connectivity index (χ1n) is 11.0. The molecular formula is C28H24O5. The van der Waals surface area contributed by atoms with Crippen LogP contribution in [0.2, 0.25) is 0 Å². The zero-order valence-electron chi connectivity index (χ0n) is 18.4. The fourth-order valence-electron chi connectivity index (χ4n) is 3.93. The number of ether oxygens (including phenoxy) is 3. The summed E-state index contributed by atoms with van der Waals surface area (Å²) >= 11 is 0. The normalized spacial score (nSPS) is 12.5. The van der Waals surface area contributed by atoms with Crippen LogP contribution in [0.3, 0.4) is 0 Å². The zero-order chi connectivity index (χ0) is 22.8. The molecule has 1 aliphatic rings.